The zero-order valence-electron chi connectivity index (χ0n) is 21.1. The summed E-state index contributed by atoms with van der Waals surface area (Å²) in [5.41, 5.74) is 11.3. The zero-order chi connectivity index (χ0) is 26.8. The lowest BCUT2D eigenvalue weighted by atomic mass is 9.82. The molecule has 4 heterocycles. The van der Waals surface area contributed by atoms with Crippen molar-refractivity contribution in [2.75, 3.05) is 26.8 Å². The van der Waals surface area contributed by atoms with Crippen molar-refractivity contribution in [2.24, 2.45) is 26.6 Å². The van der Waals surface area contributed by atoms with Crippen molar-refractivity contribution < 1.29 is 23.1 Å². The number of amidine groups is 1. The zero-order valence-corrected chi connectivity index (χ0v) is 21.1. The summed E-state index contributed by atoms with van der Waals surface area (Å²) in [6.45, 7) is 1.98. The number of nitrogens with two attached hydrogens (primary N) is 1. The Kier molecular flexibility index (Phi) is 7.32. The van der Waals surface area contributed by atoms with Crippen molar-refractivity contribution in [1.29, 1.82) is 0 Å². The number of hydrogen-bond acceptors (Lipinski definition) is 9. The van der Waals surface area contributed by atoms with Crippen molar-refractivity contribution in [3.05, 3.63) is 47.8 Å². The van der Waals surface area contributed by atoms with E-state index in [1.54, 1.807) is 24.3 Å². The summed E-state index contributed by atoms with van der Waals surface area (Å²) in [7, 11) is 1.52. The van der Waals surface area contributed by atoms with E-state index in [2.05, 4.69) is 20.4 Å². The highest BCUT2D eigenvalue weighted by atomic mass is 19.1. The molecule has 0 spiro atoms. The maximum Gasteiger partial charge on any atom is 0.251 e. The van der Waals surface area contributed by atoms with Crippen LogP contribution in [0.1, 0.15) is 31.4 Å². The molecule has 3 N–H and O–H groups in total. The number of benzene rings is 1. The van der Waals surface area contributed by atoms with Gasteiger partial charge >= 0.3 is 0 Å². The van der Waals surface area contributed by atoms with Crippen LogP contribution in [0.15, 0.2) is 51.4 Å². The molecule has 200 valence electrons. The number of hydrogen-bond donors (Lipinski definition) is 2. The van der Waals surface area contributed by atoms with Crippen molar-refractivity contribution in [1.82, 2.24) is 15.4 Å². The minimum atomic E-state index is -1.01. The Hall–Kier alpha value is -3.93. The second kappa shape index (κ2) is 10.8. The quantitative estimate of drug-likeness (QED) is 0.559. The molecule has 0 saturated carbocycles. The van der Waals surface area contributed by atoms with Gasteiger partial charge in [0.15, 0.2) is 6.61 Å². The number of nitrogens with one attached hydrogen (secondary N) is 1. The number of aromatic nitrogens is 1. The Balaban J connectivity index is 1.45. The van der Waals surface area contributed by atoms with E-state index in [4.69, 9.17) is 20.3 Å². The molecule has 3 aliphatic heterocycles. The third-order valence-corrected chi connectivity index (χ3v) is 6.92. The Bertz CT molecular complexity index is 1320. The molecular formula is C26H29F2N7O3. The van der Waals surface area contributed by atoms with Gasteiger partial charge in [0.2, 0.25) is 11.8 Å². The van der Waals surface area contributed by atoms with Gasteiger partial charge in [-0.25, -0.2) is 23.7 Å². The molecule has 2 unspecified atom stereocenters. The van der Waals surface area contributed by atoms with E-state index in [0.29, 0.717) is 48.1 Å². The van der Waals surface area contributed by atoms with Crippen LogP contribution in [0, 0.1) is 11.7 Å². The van der Waals surface area contributed by atoms with E-state index in [1.165, 1.54) is 24.1 Å². The van der Waals surface area contributed by atoms with Gasteiger partial charge in [0.25, 0.3) is 5.91 Å². The number of carbonyl (C=O) groups is 1. The van der Waals surface area contributed by atoms with Gasteiger partial charge in [-0.2, -0.15) is 0 Å². The van der Waals surface area contributed by atoms with Crippen molar-refractivity contribution in [2.45, 2.75) is 38.0 Å². The lowest BCUT2D eigenvalue weighted by Gasteiger charge is -2.35. The van der Waals surface area contributed by atoms with Crippen LogP contribution in [-0.2, 0) is 9.63 Å². The number of alkyl halides is 1. The monoisotopic (exact) mass is 525 g/mol. The summed E-state index contributed by atoms with van der Waals surface area (Å²) < 4.78 is 33.1. The van der Waals surface area contributed by atoms with Crippen LogP contribution in [0.4, 0.5) is 8.78 Å². The topological polar surface area (TPSA) is 127 Å². The highest BCUT2D eigenvalue weighted by molar-refractivity contribution is 6.11. The number of methoxy groups -OCH3 is 1. The maximum atomic E-state index is 14.4. The first kappa shape index (κ1) is 25.7. The number of guanidine groups is 1. The number of rotatable bonds is 6. The Morgan fingerprint density at radius 1 is 1.26 bits per heavy atom. The van der Waals surface area contributed by atoms with E-state index in [-0.39, 0.29) is 37.0 Å². The molecule has 12 heteroatoms. The van der Waals surface area contributed by atoms with Gasteiger partial charge in [-0.15, -0.1) is 0 Å². The molecule has 5 rings (SSSR count). The van der Waals surface area contributed by atoms with E-state index >= 15 is 0 Å². The van der Waals surface area contributed by atoms with E-state index in [0.717, 1.165) is 5.56 Å². The first-order valence-electron chi connectivity index (χ1n) is 12.4. The highest BCUT2D eigenvalue weighted by Gasteiger charge is 2.39. The Labute approximate surface area is 218 Å². The first-order chi connectivity index (χ1) is 18.3. The number of amides is 1. The number of aliphatic imine (C=N–C) groups is 3. The standard InChI is InChI=1S/C26H29F2N7O3/c1-14-24-21(33-26(29)30-14)11-20(32-25(24)34-38-13-23(36)35-9-8-16(28)12-35)17-7-6-15(27)10-18(17)19-4-3-5-22(31-19)37-2/h3-7,10,16,20-21,24H,8-9,11-13H2,1-2H3,(H2,29,33)(H,32,34)/t16-,20?,21+,24?/m0/s1. The average molecular weight is 526 g/mol. The Morgan fingerprint density at radius 3 is 2.87 bits per heavy atom. The average Bonchev–Trinajstić information content (AvgIpc) is 3.34. The number of fused-ring (bicyclic) bond motifs is 1. The lowest BCUT2D eigenvalue weighted by molar-refractivity contribution is -0.136. The SMILES string of the molecule is COc1cccc(-c2cc(F)ccc2C2C[C@H]3N=C(N)N=C(C)C3C(NOCC(=O)N3CC[C@H](F)C3)=N2)n1. The van der Waals surface area contributed by atoms with Crippen molar-refractivity contribution >= 4 is 23.4 Å². The second-order valence-corrected chi connectivity index (χ2v) is 9.46. The molecule has 10 nitrogen and oxygen atoms in total. The summed E-state index contributed by atoms with van der Waals surface area (Å²) in [6.07, 6.45) is -0.199. The van der Waals surface area contributed by atoms with E-state index in [9.17, 15) is 13.6 Å². The van der Waals surface area contributed by atoms with Crippen molar-refractivity contribution in [3.8, 4) is 17.1 Å². The lowest BCUT2D eigenvalue weighted by Crippen LogP contribution is -2.48. The fraction of sp³-hybridized carbons (Fsp3) is 0.423. The molecule has 3 aliphatic rings. The predicted octanol–water partition coefficient (Wildman–Crippen LogP) is 2.61. The number of likely N-dealkylation sites (tertiary alicyclic amines) is 1. The van der Waals surface area contributed by atoms with Crippen LogP contribution in [0.25, 0.3) is 11.3 Å². The molecule has 0 radical (unpaired) electrons. The van der Waals surface area contributed by atoms with Gasteiger partial charge in [-0.05, 0) is 43.5 Å². The summed E-state index contributed by atoms with van der Waals surface area (Å²) >= 11 is 0. The van der Waals surface area contributed by atoms with Gasteiger partial charge in [-0.1, -0.05) is 12.1 Å². The molecule has 1 aromatic heterocycles. The molecule has 0 aliphatic carbocycles. The minimum absolute atomic E-state index is 0.0708. The fourth-order valence-electron chi connectivity index (χ4n) is 5.11. The van der Waals surface area contributed by atoms with Crippen LogP contribution >= 0.6 is 0 Å². The Morgan fingerprint density at radius 2 is 2.11 bits per heavy atom. The normalized spacial score (nSPS) is 24.7. The molecule has 4 atom stereocenters. The van der Waals surface area contributed by atoms with Gasteiger partial charge in [0.05, 0.1) is 37.4 Å². The van der Waals surface area contributed by atoms with Crippen LogP contribution in [-0.4, -0.2) is 72.3 Å². The maximum absolute atomic E-state index is 14.4. The number of hydroxylamine groups is 1. The molecular weight excluding hydrogens is 496 g/mol. The van der Waals surface area contributed by atoms with Crippen LogP contribution in [0.2, 0.25) is 0 Å². The number of halogens is 2. The van der Waals surface area contributed by atoms with E-state index in [1.807, 2.05) is 6.92 Å². The van der Waals surface area contributed by atoms with Gasteiger partial charge in [-0.3, -0.25) is 20.1 Å². The molecule has 1 aromatic carbocycles. The molecule has 0 bridgehead atoms. The summed E-state index contributed by atoms with van der Waals surface area (Å²) in [4.78, 5) is 37.6. The minimum Gasteiger partial charge on any atom is -0.481 e. The molecule has 1 amide bonds. The van der Waals surface area contributed by atoms with Crippen molar-refractivity contribution in [3.63, 3.8) is 0 Å². The number of pyridine rings is 1. The summed E-state index contributed by atoms with van der Waals surface area (Å²) in [6, 6.07) is 8.99. The van der Waals surface area contributed by atoms with Gasteiger partial charge in [0, 0.05) is 23.9 Å². The largest absolute Gasteiger partial charge is 0.481 e. The first-order valence-corrected chi connectivity index (χ1v) is 12.4. The number of carbonyl (C=O) groups excluding carboxylic acids is 1. The second-order valence-electron chi connectivity index (χ2n) is 9.46. The number of nitrogens with zero attached hydrogens (tertiary/aromatic N) is 5. The smallest absolute Gasteiger partial charge is 0.251 e. The highest BCUT2D eigenvalue weighted by Crippen LogP contribution is 2.39. The molecule has 2 aromatic rings. The van der Waals surface area contributed by atoms with E-state index < -0.39 is 18.0 Å². The number of ether oxygens (including phenoxy) is 1. The van der Waals surface area contributed by atoms with Gasteiger partial charge < -0.3 is 15.4 Å². The molecule has 38 heavy (non-hydrogen) atoms. The summed E-state index contributed by atoms with van der Waals surface area (Å²) in [5.74, 6) is -0.0676. The fourth-order valence-corrected chi connectivity index (χ4v) is 5.11. The molecule has 1 saturated heterocycles. The third kappa shape index (κ3) is 5.35. The van der Waals surface area contributed by atoms with Crippen LogP contribution < -0.4 is 16.0 Å². The predicted molar refractivity (Wildman–Crippen MR) is 138 cm³/mol. The summed E-state index contributed by atoms with van der Waals surface area (Å²) in [5, 5.41) is 0. The van der Waals surface area contributed by atoms with Crippen LogP contribution in [0.3, 0.4) is 0 Å². The van der Waals surface area contributed by atoms with Gasteiger partial charge in [0.1, 0.15) is 17.8 Å². The molecule has 1 fully saturated rings. The van der Waals surface area contributed by atoms with Crippen LogP contribution in [0.5, 0.6) is 5.88 Å². The third-order valence-electron chi connectivity index (χ3n) is 6.92.